The predicted molar refractivity (Wildman–Crippen MR) is 114 cm³/mol. The van der Waals surface area contributed by atoms with Crippen LogP contribution in [0.4, 0.5) is 5.69 Å². The van der Waals surface area contributed by atoms with Crippen molar-refractivity contribution in [3.05, 3.63) is 65.2 Å². The number of aryl methyl sites for hydroxylation is 1. The second-order valence-corrected chi connectivity index (χ2v) is 8.56. The summed E-state index contributed by atoms with van der Waals surface area (Å²) in [7, 11) is 0. The number of anilines is 1. The molecule has 3 rings (SSSR count). The van der Waals surface area contributed by atoms with Crippen molar-refractivity contribution in [2.45, 2.75) is 77.6 Å². The van der Waals surface area contributed by atoms with E-state index in [1.165, 1.54) is 68.9 Å². The van der Waals surface area contributed by atoms with Gasteiger partial charge in [-0.25, -0.2) is 0 Å². The van der Waals surface area contributed by atoms with Crippen LogP contribution in [0.3, 0.4) is 0 Å². The molecule has 2 aromatic rings. The molecule has 2 aromatic carbocycles. The summed E-state index contributed by atoms with van der Waals surface area (Å²) in [5.41, 5.74) is 11.7. The van der Waals surface area contributed by atoms with Gasteiger partial charge < -0.3 is 5.73 Å². The molecular formula is C25H35N. The van der Waals surface area contributed by atoms with E-state index in [9.17, 15) is 0 Å². The fraction of sp³-hybridized carbons (Fsp3) is 0.520. The van der Waals surface area contributed by atoms with Gasteiger partial charge in [-0.2, -0.15) is 0 Å². The van der Waals surface area contributed by atoms with E-state index in [1.54, 1.807) is 5.56 Å². The van der Waals surface area contributed by atoms with Crippen LogP contribution in [-0.4, -0.2) is 0 Å². The Labute approximate surface area is 160 Å². The Morgan fingerprint density at radius 3 is 2.38 bits per heavy atom. The maximum absolute atomic E-state index is 5.89. The fourth-order valence-electron chi connectivity index (χ4n) is 4.82. The normalized spacial score (nSPS) is 23.1. The average molecular weight is 350 g/mol. The van der Waals surface area contributed by atoms with Gasteiger partial charge in [-0.15, -0.1) is 0 Å². The third-order valence-electron chi connectivity index (χ3n) is 6.43. The molecular weight excluding hydrogens is 314 g/mol. The number of nitrogens with two attached hydrogens (primary N) is 1. The lowest BCUT2D eigenvalue weighted by molar-refractivity contribution is 0.153. The summed E-state index contributed by atoms with van der Waals surface area (Å²) in [4.78, 5) is 0. The van der Waals surface area contributed by atoms with E-state index in [1.807, 2.05) is 0 Å². The van der Waals surface area contributed by atoms with E-state index in [4.69, 9.17) is 5.73 Å². The zero-order valence-electron chi connectivity index (χ0n) is 16.6. The van der Waals surface area contributed by atoms with E-state index in [0.717, 1.165) is 11.6 Å². The van der Waals surface area contributed by atoms with Gasteiger partial charge in [-0.05, 0) is 80.0 Å². The number of nitrogen functional groups attached to an aromatic ring is 1. The van der Waals surface area contributed by atoms with Gasteiger partial charge in [-0.3, -0.25) is 0 Å². The number of benzene rings is 2. The van der Waals surface area contributed by atoms with Crippen molar-refractivity contribution in [1.29, 1.82) is 0 Å². The van der Waals surface area contributed by atoms with Crippen molar-refractivity contribution in [1.82, 2.24) is 0 Å². The highest BCUT2D eigenvalue weighted by molar-refractivity contribution is 5.39. The summed E-state index contributed by atoms with van der Waals surface area (Å²) in [6.07, 6.45) is 12.0. The Hall–Kier alpha value is -1.76. The van der Waals surface area contributed by atoms with Crippen molar-refractivity contribution < 1.29 is 0 Å². The van der Waals surface area contributed by atoms with Crippen LogP contribution >= 0.6 is 0 Å². The van der Waals surface area contributed by atoms with E-state index >= 15 is 0 Å². The number of hydrogen-bond donors (Lipinski definition) is 1. The fourth-order valence-corrected chi connectivity index (χ4v) is 4.82. The summed E-state index contributed by atoms with van der Waals surface area (Å²) in [6.45, 7) is 4.52. The van der Waals surface area contributed by atoms with Crippen molar-refractivity contribution in [2.24, 2.45) is 5.41 Å². The lowest BCUT2D eigenvalue weighted by atomic mass is 9.64. The van der Waals surface area contributed by atoms with Crippen LogP contribution in [0.1, 0.15) is 80.9 Å². The molecule has 0 atom stereocenters. The number of unbranched alkanes of at least 4 members (excludes halogenated alkanes) is 2. The Morgan fingerprint density at radius 2 is 1.73 bits per heavy atom. The summed E-state index contributed by atoms with van der Waals surface area (Å²) in [6, 6.07) is 17.8. The quantitative estimate of drug-likeness (QED) is 0.421. The van der Waals surface area contributed by atoms with Gasteiger partial charge in [0, 0.05) is 5.69 Å². The van der Waals surface area contributed by atoms with Gasteiger partial charge in [0.25, 0.3) is 0 Å². The van der Waals surface area contributed by atoms with Gasteiger partial charge >= 0.3 is 0 Å². The first kappa shape index (κ1) is 19.0. The molecule has 140 valence electrons. The second kappa shape index (κ2) is 8.75. The van der Waals surface area contributed by atoms with Gasteiger partial charge in [0.05, 0.1) is 0 Å². The molecule has 1 aliphatic carbocycles. The summed E-state index contributed by atoms with van der Waals surface area (Å²) in [5.74, 6) is 0.751. The van der Waals surface area contributed by atoms with E-state index < -0.39 is 0 Å². The van der Waals surface area contributed by atoms with Gasteiger partial charge in [0.2, 0.25) is 0 Å². The molecule has 0 saturated heterocycles. The van der Waals surface area contributed by atoms with Crippen molar-refractivity contribution >= 4 is 5.69 Å². The topological polar surface area (TPSA) is 26.0 Å². The van der Waals surface area contributed by atoms with Crippen LogP contribution in [0.25, 0.3) is 0 Å². The first-order valence-electron chi connectivity index (χ1n) is 10.5. The van der Waals surface area contributed by atoms with E-state index in [2.05, 4.69) is 62.4 Å². The summed E-state index contributed by atoms with van der Waals surface area (Å²) >= 11 is 0. The zero-order valence-corrected chi connectivity index (χ0v) is 16.6. The van der Waals surface area contributed by atoms with Crippen LogP contribution in [0.2, 0.25) is 0 Å². The minimum absolute atomic E-state index is 0.492. The van der Waals surface area contributed by atoms with Gasteiger partial charge in [0.1, 0.15) is 0 Å². The first-order chi connectivity index (χ1) is 12.6. The summed E-state index contributed by atoms with van der Waals surface area (Å²) < 4.78 is 0. The third kappa shape index (κ3) is 4.90. The molecule has 1 heteroatoms. The highest BCUT2D eigenvalue weighted by Crippen LogP contribution is 2.48. The molecule has 1 nitrogen and oxygen atoms in total. The molecule has 1 fully saturated rings. The standard InChI is InChI=1S/C25H35N/c1-3-4-5-15-25(19-21-9-11-24(26)12-10-21)16-13-22(14-17-25)23-8-6-7-20(2)18-23/h6-12,18,22H,3-5,13-17,19,26H2,1-2H3. The van der Waals surface area contributed by atoms with Crippen LogP contribution in [0.15, 0.2) is 48.5 Å². The maximum Gasteiger partial charge on any atom is 0.0314 e. The molecule has 0 unspecified atom stereocenters. The third-order valence-corrected chi connectivity index (χ3v) is 6.43. The predicted octanol–water partition coefficient (Wildman–Crippen LogP) is 7.04. The maximum atomic E-state index is 5.89. The Balaban J connectivity index is 1.70. The molecule has 0 aliphatic heterocycles. The molecule has 0 radical (unpaired) electrons. The molecule has 0 aromatic heterocycles. The molecule has 0 bridgehead atoms. The van der Waals surface area contributed by atoms with Crippen LogP contribution in [-0.2, 0) is 6.42 Å². The molecule has 1 aliphatic rings. The van der Waals surface area contributed by atoms with E-state index in [0.29, 0.717) is 5.41 Å². The molecule has 0 amide bonds. The first-order valence-corrected chi connectivity index (χ1v) is 10.5. The van der Waals surface area contributed by atoms with Crippen molar-refractivity contribution in [2.75, 3.05) is 5.73 Å². The zero-order chi connectivity index (χ0) is 18.4. The minimum Gasteiger partial charge on any atom is -0.399 e. The van der Waals surface area contributed by atoms with Crippen LogP contribution in [0, 0.1) is 12.3 Å². The van der Waals surface area contributed by atoms with E-state index in [-0.39, 0.29) is 0 Å². The molecule has 0 spiro atoms. The molecule has 26 heavy (non-hydrogen) atoms. The highest BCUT2D eigenvalue weighted by Gasteiger charge is 2.35. The Bertz CT molecular complexity index is 678. The minimum atomic E-state index is 0.492. The van der Waals surface area contributed by atoms with Gasteiger partial charge in [0.15, 0.2) is 0 Å². The Morgan fingerprint density at radius 1 is 1.00 bits per heavy atom. The number of hydrogen-bond acceptors (Lipinski definition) is 1. The lowest BCUT2D eigenvalue weighted by Gasteiger charge is -2.41. The van der Waals surface area contributed by atoms with Gasteiger partial charge in [-0.1, -0.05) is 68.1 Å². The molecule has 0 heterocycles. The smallest absolute Gasteiger partial charge is 0.0314 e. The average Bonchev–Trinajstić information content (AvgIpc) is 2.65. The van der Waals surface area contributed by atoms with Crippen LogP contribution < -0.4 is 5.73 Å². The van der Waals surface area contributed by atoms with Crippen molar-refractivity contribution in [3.63, 3.8) is 0 Å². The SMILES string of the molecule is CCCCCC1(Cc2ccc(N)cc2)CCC(c2cccc(C)c2)CC1. The lowest BCUT2D eigenvalue weighted by Crippen LogP contribution is -2.29. The van der Waals surface area contributed by atoms with Crippen LogP contribution in [0.5, 0.6) is 0 Å². The monoisotopic (exact) mass is 349 g/mol. The molecule has 1 saturated carbocycles. The summed E-state index contributed by atoms with van der Waals surface area (Å²) in [5, 5.41) is 0. The van der Waals surface area contributed by atoms with Crippen molar-refractivity contribution in [3.8, 4) is 0 Å². The Kier molecular flexibility index (Phi) is 6.40. The largest absolute Gasteiger partial charge is 0.399 e. The second-order valence-electron chi connectivity index (χ2n) is 8.56. The highest BCUT2D eigenvalue weighted by atomic mass is 14.5. The number of rotatable bonds is 7. The molecule has 2 N–H and O–H groups in total.